The number of hydrogen-bond donors (Lipinski definition) is 1. The number of hydrogen-bond acceptors (Lipinski definition) is 4. The minimum Gasteiger partial charge on any atom is -0.492 e. The van der Waals surface area contributed by atoms with Crippen molar-refractivity contribution in [3.8, 4) is 5.75 Å². The van der Waals surface area contributed by atoms with Crippen molar-refractivity contribution in [2.45, 2.75) is 19.3 Å². The van der Waals surface area contributed by atoms with Crippen molar-refractivity contribution >= 4 is 11.5 Å². The van der Waals surface area contributed by atoms with Crippen molar-refractivity contribution in [3.63, 3.8) is 0 Å². The summed E-state index contributed by atoms with van der Waals surface area (Å²) in [5.41, 5.74) is 2.73. The molecule has 1 N–H and O–H groups in total. The molecule has 4 nitrogen and oxygen atoms in total. The molecule has 1 aromatic carbocycles. The Morgan fingerprint density at radius 2 is 2.24 bits per heavy atom. The van der Waals surface area contributed by atoms with Gasteiger partial charge in [-0.1, -0.05) is 18.2 Å². The molecule has 0 fully saturated rings. The molecule has 1 aromatic heterocycles. The first-order valence-electron chi connectivity index (χ1n) is 7.24. The van der Waals surface area contributed by atoms with E-state index in [4.69, 9.17) is 4.74 Å². The van der Waals surface area contributed by atoms with Gasteiger partial charge in [0.25, 0.3) is 0 Å². The number of ketones is 1. The number of ether oxygens (including phenoxy) is 1. The zero-order chi connectivity index (χ0) is 14.7. The van der Waals surface area contributed by atoms with Crippen LogP contribution in [0, 0.1) is 0 Å². The summed E-state index contributed by atoms with van der Waals surface area (Å²) in [6, 6.07) is 9.77. The fraction of sp³-hybridized carbons (Fsp3) is 0.294. The number of nitrogens with zero attached hydrogens (tertiary/aromatic N) is 1. The van der Waals surface area contributed by atoms with Crippen molar-refractivity contribution in [1.82, 2.24) is 4.98 Å². The van der Waals surface area contributed by atoms with Gasteiger partial charge in [0.15, 0.2) is 5.78 Å². The van der Waals surface area contributed by atoms with Gasteiger partial charge >= 0.3 is 0 Å². The first-order valence-corrected chi connectivity index (χ1v) is 7.24. The van der Waals surface area contributed by atoms with Crippen LogP contribution in [0.15, 0.2) is 42.7 Å². The number of Topliss-reactive ketones (excluding diaryl/α,β-unsaturated/α-hetero) is 1. The number of anilines is 1. The van der Waals surface area contributed by atoms with Crippen molar-refractivity contribution in [3.05, 3.63) is 53.9 Å². The zero-order valence-corrected chi connectivity index (χ0v) is 12.0. The number of nitrogens with one attached hydrogen (secondary N) is 1. The van der Waals surface area contributed by atoms with Gasteiger partial charge in [-0.05, 0) is 31.0 Å². The van der Waals surface area contributed by atoms with E-state index in [1.165, 1.54) is 0 Å². The van der Waals surface area contributed by atoms with Crippen LogP contribution in [-0.2, 0) is 0 Å². The van der Waals surface area contributed by atoms with Crippen LogP contribution in [0.2, 0.25) is 0 Å². The molecule has 2 aromatic rings. The molecule has 0 spiro atoms. The van der Waals surface area contributed by atoms with E-state index >= 15 is 0 Å². The molecule has 1 aliphatic rings. The van der Waals surface area contributed by atoms with E-state index in [0.29, 0.717) is 17.9 Å². The van der Waals surface area contributed by atoms with E-state index in [9.17, 15) is 4.79 Å². The van der Waals surface area contributed by atoms with E-state index < -0.39 is 0 Å². The van der Waals surface area contributed by atoms with Crippen LogP contribution in [0.5, 0.6) is 5.75 Å². The standard InChI is InChI=1S/C17H18N2O2/c1-2-21-13-9-12(10-18-11-13)17(20)15-7-8-19-16-6-4-3-5-14(15)16/h3-6,9-11,15,19H,2,7-8H2,1H3. The third-order valence-electron chi connectivity index (χ3n) is 3.71. The second kappa shape index (κ2) is 5.95. The first kappa shape index (κ1) is 13.6. The molecule has 0 radical (unpaired) electrons. The van der Waals surface area contributed by atoms with E-state index in [1.807, 2.05) is 31.2 Å². The summed E-state index contributed by atoms with van der Waals surface area (Å²) in [5, 5.41) is 3.34. The lowest BCUT2D eigenvalue weighted by atomic mass is 9.85. The Labute approximate surface area is 124 Å². The van der Waals surface area contributed by atoms with Gasteiger partial charge in [0, 0.05) is 24.0 Å². The molecule has 21 heavy (non-hydrogen) atoms. The minimum atomic E-state index is -0.110. The Hall–Kier alpha value is -2.36. The van der Waals surface area contributed by atoms with Crippen LogP contribution < -0.4 is 10.1 Å². The smallest absolute Gasteiger partial charge is 0.172 e. The predicted molar refractivity (Wildman–Crippen MR) is 82.0 cm³/mol. The van der Waals surface area contributed by atoms with Crippen molar-refractivity contribution in [1.29, 1.82) is 0 Å². The molecule has 1 atom stereocenters. The van der Waals surface area contributed by atoms with Gasteiger partial charge in [0.1, 0.15) is 5.75 Å². The van der Waals surface area contributed by atoms with Crippen LogP contribution in [0.25, 0.3) is 0 Å². The van der Waals surface area contributed by atoms with Crippen LogP contribution in [0.1, 0.15) is 35.2 Å². The molecule has 2 heterocycles. The summed E-state index contributed by atoms with van der Waals surface area (Å²) < 4.78 is 5.43. The number of carbonyl (C=O) groups excluding carboxylic acids is 1. The second-order valence-corrected chi connectivity index (χ2v) is 5.06. The Bertz CT molecular complexity index is 655. The highest BCUT2D eigenvalue weighted by atomic mass is 16.5. The maximum Gasteiger partial charge on any atom is 0.172 e. The highest BCUT2D eigenvalue weighted by Crippen LogP contribution is 2.34. The van der Waals surface area contributed by atoms with E-state index in [-0.39, 0.29) is 11.7 Å². The predicted octanol–water partition coefficient (Wildman–Crippen LogP) is 3.26. The summed E-state index contributed by atoms with van der Waals surface area (Å²) in [6.07, 6.45) is 4.06. The van der Waals surface area contributed by atoms with Gasteiger partial charge in [-0.2, -0.15) is 0 Å². The third-order valence-corrected chi connectivity index (χ3v) is 3.71. The van der Waals surface area contributed by atoms with Crippen molar-refractivity contribution in [2.24, 2.45) is 0 Å². The average Bonchev–Trinajstić information content (AvgIpc) is 2.54. The van der Waals surface area contributed by atoms with Gasteiger partial charge in [0.05, 0.1) is 18.7 Å². The van der Waals surface area contributed by atoms with Crippen LogP contribution in [0.3, 0.4) is 0 Å². The Balaban J connectivity index is 1.91. The molecule has 0 aliphatic carbocycles. The number of fused-ring (bicyclic) bond motifs is 1. The van der Waals surface area contributed by atoms with Crippen LogP contribution >= 0.6 is 0 Å². The Morgan fingerprint density at radius 1 is 1.38 bits per heavy atom. The summed E-state index contributed by atoms with van der Waals surface area (Å²) in [4.78, 5) is 16.9. The lowest BCUT2D eigenvalue weighted by molar-refractivity contribution is 0.0954. The van der Waals surface area contributed by atoms with Crippen LogP contribution in [-0.4, -0.2) is 23.9 Å². The number of para-hydroxylation sites is 1. The van der Waals surface area contributed by atoms with Gasteiger partial charge in [0.2, 0.25) is 0 Å². The van der Waals surface area contributed by atoms with E-state index in [0.717, 1.165) is 24.2 Å². The maximum absolute atomic E-state index is 12.8. The van der Waals surface area contributed by atoms with Gasteiger partial charge in [-0.25, -0.2) is 0 Å². The lowest BCUT2D eigenvalue weighted by Crippen LogP contribution is -2.23. The molecular formula is C17H18N2O2. The molecular weight excluding hydrogens is 264 g/mol. The number of rotatable bonds is 4. The molecule has 0 amide bonds. The fourth-order valence-electron chi connectivity index (χ4n) is 2.74. The first-order chi connectivity index (χ1) is 10.3. The summed E-state index contributed by atoms with van der Waals surface area (Å²) in [6.45, 7) is 3.29. The molecule has 1 aliphatic heterocycles. The molecule has 108 valence electrons. The van der Waals surface area contributed by atoms with Gasteiger partial charge < -0.3 is 10.1 Å². The third kappa shape index (κ3) is 2.75. The molecule has 1 unspecified atom stereocenters. The zero-order valence-electron chi connectivity index (χ0n) is 12.0. The molecule has 0 saturated carbocycles. The Kier molecular flexibility index (Phi) is 3.86. The highest BCUT2D eigenvalue weighted by Gasteiger charge is 2.27. The summed E-state index contributed by atoms with van der Waals surface area (Å²) in [7, 11) is 0. The van der Waals surface area contributed by atoms with Gasteiger partial charge in [-0.15, -0.1) is 0 Å². The molecule has 3 rings (SSSR count). The van der Waals surface area contributed by atoms with Crippen molar-refractivity contribution < 1.29 is 9.53 Å². The molecule has 4 heteroatoms. The quantitative estimate of drug-likeness (QED) is 0.874. The lowest BCUT2D eigenvalue weighted by Gasteiger charge is -2.25. The van der Waals surface area contributed by atoms with Gasteiger partial charge in [-0.3, -0.25) is 9.78 Å². The number of carbonyl (C=O) groups is 1. The Morgan fingerprint density at radius 3 is 3.10 bits per heavy atom. The highest BCUT2D eigenvalue weighted by molar-refractivity contribution is 6.02. The van der Waals surface area contributed by atoms with Crippen molar-refractivity contribution in [2.75, 3.05) is 18.5 Å². The number of pyridine rings is 1. The monoisotopic (exact) mass is 282 g/mol. The molecule has 0 saturated heterocycles. The second-order valence-electron chi connectivity index (χ2n) is 5.06. The topological polar surface area (TPSA) is 51.2 Å². The van der Waals surface area contributed by atoms with E-state index in [2.05, 4.69) is 10.3 Å². The SMILES string of the molecule is CCOc1cncc(C(=O)C2CCNc3ccccc32)c1. The number of benzene rings is 1. The normalized spacial score (nSPS) is 16.7. The number of aromatic nitrogens is 1. The maximum atomic E-state index is 12.8. The summed E-state index contributed by atoms with van der Waals surface area (Å²) in [5.74, 6) is 0.643. The average molecular weight is 282 g/mol. The largest absolute Gasteiger partial charge is 0.492 e. The van der Waals surface area contributed by atoms with E-state index in [1.54, 1.807) is 18.5 Å². The molecule has 0 bridgehead atoms. The minimum absolute atomic E-state index is 0.109. The fourth-order valence-corrected chi connectivity index (χ4v) is 2.74. The van der Waals surface area contributed by atoms with Crippen LogP contribution in [0.4, 0.5) is 5.69 Å². The summed E-state index contributed by atoms with van der Waals surface area (Å²) >= 11 is 0.